The molecule has 2 aromatic heterocycles. The third-order valence-corrected chi connectivity index (χ3v) is 8.06. The Labute approximate surface area is 200 Å². The molecule has 1 aliphatic heterocycles. The Morgan fingerprint density at radius 3 is 2.35 bits per heavy atom. The number of nitrogens with zero attached hydrogens (tertiary/aromatic N) is 7. The maximum Gasteiger partial charge on any atom is 0.246 e. The largest absolute Gasteiger partial charge is 0.497 e. The van der Waals surface area contributed by atoms with Gasteiger partial charge in [-0.25, -0.2) is 13.4 Å². The van der Waals surface area contributed by atoms with Crippen molar-refractivity contribution < 1.29 is 13.2 Å². The van der Waals surface area contributed by atoms with E-state index in [1.165, 1.54) is 8.99 Å². The summed E-state index contributed by atoms with van der Waals surface area (Å²) in [6.07, 6.45) is 4.98. The lowest BCUT2D eigenvalue weighted by atomic mass is 10.1. The molecule has 3 heterocycles. The molecule has 0 radical (unpaired) electrons. The van der Waals surface area contributed by atoms with Crippen molar-refractivity contribution >= 4 is 15.8 Å². The Bertz CT molecular complexity index is 1220. The van der Waals surface area contributed by atoms with Crippen molar-refractivity contribution in [3.63, 3.8) is 0 Å². The van der Waals surface area contributed by atoms with E-state index in [2.05, 4.69) is 24.9 Å². The number of aromatic nitrogens is 4. The summed E-state index contributed by atoms with van der Waals surface area (Å²) in [4.78, 5) is 14.0. The Hall–Kier alpha value is -3.02. The maximum absolute atomic E-state index is 12.9. The lowest BCUT2D eigenvalue weighted by Gasteiger charge is -2.36. The van der Waals surface area contributed by atoms with Gasteiger partial charge in [-0.1, -0.05) is 0 Å². The van der Waals surface area contributed by atoms with Crippen LogP contribution in [0.25, 0.3) is 11.3 Å². The zero-order valence-electron chi connectivity index (χ0n) is 20.0. The molecule has 3 aromatic rings. The number of ether oxygens (including phenoxy) is 1. The molecule has 0 atom stereocenters. The van der Waals surface area contributed by atoms with Gasteiger partial charge < -0.3 is 9.64 Å². The molecule has 0 unspecified atom stereocenters. The van der Waals surface area contributed by atoms with Gasteiger partial charge in [-0.05, 0) is 31.2 Å². The number of hydrogen-bond donors (Lipinski definition) is 0. The summed E-state index contributed by atoms with van der Waals surface area (Å²) < 4.78 is 34.0. The molecule has 1 aliphatic rings. The number of piperazine rings is 1. The second kappa shape index (κ2) is 10.1. The third kappa shape index (κ3) is 5.06. The normalized spacial score (nSPS) is 15.1. The van der Waals surface area contributed by atoms with E-state index in [1.54, 1.807) is 46.7 Å². The van der Waals surface area contributed by atoms with E-state index < -0.39 is 10.0 Å². The second-order valence-electron chi connectivity index (χ2n) is 8.36. The molecule has 182 valence electrons. The van der Waals surface area contributed by atoms with Crippen molar-refractivity contribution in [3.8, 4) is 17.0 Å². The number of hydrogen-bond acceptors (Lipinski definition) is 8. The average Bonchev–Trinajstić information content (AvgIpc) is 3.21. The highest BCUT2D eigenvalue weighted by atomic mass is 32.2. The number of benzene rings is 1. The minimum absolute atomic E-state index is 0.260. The minimum atomic E-state index is -3.56. The zero-order chi connectivity index (χ0) is 24.3. The van der Waals surface area contributed by atoms with E-state index in [0.717, 1.165) is 49.0 Å². The fraction of sp³-hybridized carbons (Fsp3) is 0.435. The summed E-state index contributed by atoms with van der Waals surface area (Å²) in [5, 5.41) is 4.16. The monoisotopic (exact) mass is 485 g/mol. The van der Waals surface area contributed by atoms with Crippen molar-refractivity contribution in [1.82, 2.24) is 29.0 Å². The van der Waals surface area contributed by atoms with Crippen LogP contribution < -0.4 is 9.64 Å². The van der Waals surface area contributed by atoms with Gasteiger partial charge in [-0.3, -0.25) is 14.6 Å². The van der Waals surface area contributed by atoms with Crippen molar-refractivity contribution in [2.45, 2.75) is 11.8 Å². The van der Waals surface area contributed by atoms with Crippen molar-refractivity contribution in [1.29, 1.82) is 0 Å². The molecular weight excluding hydrogens is 454 g/mol. The molecule has 0 saturated carbocycles. The number of sulfonamides is 1. The van der Waals surface area contributed by atoms with Gasteiger partial charge >= 0.3 is 0 Å². The first-order valence-electron chi connectivity index (χ1n) is 11.2. The van der Waals surface area contributed by atoms with Crippen molar-refractivity contribution in [3.05, 3.63) is 48.5 Å². The Balaban J connectivity index is 1.36. The Morgan fingerprint density at radius 1 is 1.06 bits per heavy atom. The Morgan fingerprint density at radius 2 is 1.74 bits per heavy atom. The predicted molar refractivity (Wildman–Crippen MR) is 130 cm³/mol. The van der Waals surface area contributed by atoms with Crippen LogP contribution >= 0.6 is 0 Å². The highest BCUT2D eigenvalue weighted by Crippen LogP contribution is 2.28. The van der Waals surface area contributed by atoms with Crippen LogP contribution in [-0.2, 0) is 17.1 Å². The summed E-state index contributed by atoms with van der Waals surface area (Å²) in [6.45, 7) is 6.01. The summed E-state index contributed by atoms with van der Waals surface area (Å²) in [5.41, 5.74) is 2.35. The van der Waals surface area contributed by atoms with Crippen molar-refractivity contribution in [2.24, 2.45) is 7.05 Å². The van der Waals surface area contributed by atoms with Gasteiger partial charge in [0, 0.05) is 77.5 Å². The molecule has 4 rings (SSSR count). The molecule has 0 N–H and O–H groups in total. The first-order chi connectivity index (χ1) is 16.3. The van der Waals surface area contributed by atoms with E-state index in [9.17, 15) is 8.42 Å². The molecule has 1 aromatic carbocycles. The van der Waals surface area contributed by atoms with Crippen LogP contribution in [0.4, 0.5) is 5.82 Å². The van der Waals surface area contributed by atoms with Crippen LogP contribution in [-0.4, -0.2) is 90.8 Å². The van der Waals surface area contributed by atoms with Crippen LogP contribution in [0.5, 0.6) is 5.75 Å². The quantitative estimate of drug-likeness (QED) is 0.475. The zero-order valence-corrected chi connectivity index (χ0v) is 20.9. The lowest BCUT2D eigenvalue weighted by Crippen LogP contribution is -2.49. The maximum atomic E-state index is 12.9. The van der Waals surface area contributed by atoms with Gasteiger partial charge in [0.05, 0.1) is 12.8 Å². The van der Waals surface area contributed by atoms with Gasteiger partial charge in [0.15, 0.2) is 5.82 Å². The van der Waals surface area contributed by atoms with Crippen LogP contribution in [0.1, 0.15) is 5.69 Å². The molecule has 0 spiro atoms. The van der Waals surface area contributed by atoms with E-state index >= 15 is 0 Å². The molecule has 0 aliphatic carbocycles. The third-order valence-electron chi connectivity index (χ3n) is 6.10. The average molecular weight is 486 g/mol. The first-order valence-corrected chi connectivity index (χ1v) is 12.6. The number of methoxy groups -OCH3 is 1. The highest BCUT2D eigenvalue weighted by Gasteiger charge is 2.27. The first kappa shape index (κ1) is 24.1. The van der Waals surface area contributed by atoms with Crippen LogP contribution in [0.15, 0.2) is 47.8 Å². The lowest BCUT2D eigenvalue weighted by molar-refractivity contribution is 0.243. The fourth-order valence-corrected chi connectivity index (χ4v) is 5.46. The fourth-order valence-electron chi connectivity index (χ4n) is 4.10. The Kier molecular flexibility index (Phi) is 7.15. The van der Waals surface area contributed by atoms with E-state index in [1.807, 2.05) is 24.3 Å². The predicted octanol–water partition coefficient (Wildman–Crippen LogP) is 1.64. The summed E-state index contributed by atoms with van der Waals surface area (Å²) in [5.74, 6) is 1.66. The number of rotatable bonds is 8. The van der Waals surface area contributed by atoms with Gasteiger partial charge in [0.25, 0.3) is 0 Å². The van der Waals surface area contributed by atoms with E-state index in [4.69, 9.17) is 4.74 Å². The molecule has 1 saturated heterocycles. The molecule has 34 heavy (non-hydrogen) atoms. The van der Waals surface area contributed by atoms with Gasteiger partial charge in [-0.2, -0.15) is 9.40 Å². The SMILES string of the molecule is COc1ccc(-c2nccnc2N2CCN(CCN(C)S(=O)(=O)c3cn(C)nc3C)CC2)cc1. The molecular formula is C23H31N7O3S. The molecule has 0 amide bonds. The smallest absolute Gasteiger partial charge is 0.246 e. The van der Waals surface area contributed by atoms with E-state index in [-0.39, 0.29) is 4.90 Å². The van der Waals surface area contributed by atoms with Crippen LogP contribution in [0.2, 0.25) is 0 Å². The summed E-state index contributed by atoms with van der Waals surface area (Å²) in [7, 11) is 1.44. The van der Waals surface area contributed by atoms with Gasteiger partial charge in [-0.15, -0.1) is 0 Å². The van der Waals surface area contributed by atoms with Gasteiger partial charge in [0.2, 0.25) is 10.0 Å². The van der Waals surface area contributed by atoms with Crippen LogP contribution in [0, 0.1) is 6.92 Å². The highest BCUT2D eigenvalue weighted by molar-refractivity contribution is 7.89. The topological polar surface area (TPSA) is 96.7 Å². The molecule has 1 fully saturated rings. The number of likely N-dealkylation sites (N-methyl/N-ethyl adjacent to an activating group) is 1. The summed E-state index contributed by atoms with van der Waals surface area (Å²) in [6, 6.07) is 7.82. The second-order valence-corrected chi connectivity index (χ2v) is 10.4. The molecule has 11 heteroatoms. The standard InChI is InChI=1S/C23H31N7O3S/c1-18-21(17-27(2)26-18)34(31,32)28(3)11-12-29-13-15-30(16-14-29)23-22(24-9-10-25-23)19-5-7-20(33-4)8-6-19/h5-10,17H,11-16H2,1-4H3. The number of aryl methyl sites for hydroxylation is 2. The minimum Gasteiger partial charge on any atom is -0.497 e. The molecule has 0 bridgehead atoms. The van der Waals surface area contributed by atoms with Crippen molar-refractivity contribution in [2.75, 3.05) is 58.3 Å². The van der Waals surface area contributed by atoms with E-state index in [0.29, 0.717) is 18.8 Å². The summed E-state index contributed by atoms with van der Waals surface area (Å²) >= 11 is 0. The van der Waals surface area contributed by atoms with Crippen LogP contribution in [0.3, 0.4) is 0 Å². The number of anilines is 1. The van der Waals surface area contributed by atoms with Gasteiger partial charge in [0.1, 0.15) is 16.3 Å². The molecule has 10 nitrogen and oxygen atoms in total.